The van der Waals surface area contributed by atoms with Crippen molar-refractivity contribution < 1.29 is 19.1 Å². The van der Waals surface area contributed by atoms with Gasteiger partial charge in [0.25, 0.3) is 5.91 Å². The molecule has 4 amide bonds. The molecule has 0 aliphatic carbocycles. The van der Waals surface area contributed by atoms with E-state index in [4.69, 9.17) is 4.74 Å². The molecule has 0 spiro atoms. The molecule has 1 atom stereocenters. The molecule has 0 aromatic heterocycles. The molecule has 2 N–H and O–H groups in total. The lowest BCUT2D eigenvalue weighted by Gasteiger charge is -2.20. The number of nitrogens with zero attached hydrogens (tertiary/aromatic N) is 2. The topological polar surface area (TPSA) is 100 Å². The van der Waals surface area contributed by atoms with E-state index in [0.717, 1.165) is 17.3 Å². The first-order valence-electron chi connectivity index (χ1n) is 10.8. The van der Waals surface area contributed by atoms with Crippen molar-refractivity contribution in [3.8, 4) is 5.75 Å². The van der Waals surface area contributed by atoms with Crippen molar-refractivity contribution in [1.82, 2.24) is 10.6 Å². The van der Waals surface area contributed by atoms with Crippen LogP contribution in [0.25, 0.3) is 6.08 Å². The van der Waals surface area contributed by atoms with Crippen LogP contribution in [0.15, 0.2) is 59.2 Å². The Kier molecular flexibility index (Phi) is 8.12. The van der Waals surface area contributed by atoms with Gasteiger partial charge in [-0.05, 0) is 42.2 Å². The van der Waals surface area contributed by atoms with E-state index in [2.05, 4.69) is 29.5 Å². The van der Waals surface area contributed by atoms with Gasteiger partial charge in [0, 0.05) is 13.1 Å². The predicted molar refractivity (Wildman–Crippen MR) is 136 cm³/mol. The third kappa shape index (κ3) is 5.85. The van der Waals surface area contributed by atoms with Crippen LogP contribution in [-0.2, 0) is 9.59 Å². The summed E-state index contributed by atoms with van der Waals surface area (Å²) in [5.41, 5.74) is 2.86. The van der Waals surface area contributed by atoms with Crippen molar-refractivity contribution in [2.75, 3.05) is 19.1 Å². The second kappa shape index (κ2) is 11.0. The number of imide groups is 1. The number of hydrogen-bond donors (Lipinski definition) is 2. The van der Waals surface area contributed by atoms with Crippen LogP contribution in [0.1, 0.15) is 37.8 Å². The fourth-order valence-corrected chi connectivity index (χ4v) is 4.10. The van der Waals surface area contributed by atoms with Crippen LogP contribution in [0.4, 0.5) is 10.5 Å². The van der Waals surface area contributed by atoms with Gasteiger partial charge in [-0.2, -0.15) is 0 Å². The molecular weight excluding hydrogens is 452 g/mol. The van der Waals surface area contributed by atoms with E-state index in [-0.39, 0.29) is 11.6 Å². The Balaban J connectivity index is 1.95. The second-order valence-corrected chi connectivity index (χ2v) is 9.22. The molecule has 1 aliphatic rings. The minimum Gasteiger partial charge on any atom is -0.497 e. The lowest BCUT2D eigenvalue weighted by molar-refractivity contribution is -0.119. The van der Waals surface area contributed by atoms with Crippen molar-refractivity contribution in [1.29, 1.82) is 0 Å². The Hall–Kier alpha value is -3.59. The first kappa shape index (κ1) is 25.0. The number of urea groups is 1. The average Bonchev–Trinajstić information content (AvgIpc) is 3.13. The highest BCUT2D eigenvalue weighted by Crippen LogP contribution is 2.33. The molecule has 0 fully saturated rings. The van der Waals surface area contributed by atoms with E-state index in [1.807, 2.05) is 24.3 Å². The highest BCUT2D eigenvalue weighted by molar-refractivity contribution is 8.15. The van der Waals surface area contributed by atoms with Crippen LogP contribution in [-0.4, -0.2) is 42.4 Å². The van der Waals surface area contributed by atoms with Crippen molar-refractivity contribution in [3.05, 3.63) is 65.4 Å². The van der Waals surface area contributed by atoms with Crippen LogP contribution in [0.5, 0.6) is 5.75 Å². The molecule has 2 aromatic carbocycles. The molecular formula is C25H28N4O4S. The van der Waals surface area contributed by atoms with Crippen LogP contribution in [0, 0.1) is 0 Å². The monoisotopic (exact) mass is 480 g/mol. The number of amidine groups is 1. The zero-order valence-electron chi connectivity index (χ0n) is 19.8. The predicted octanol–water partition coefficient (Wildman–Crippen LogP) is 4.14. The average molecular weight is 481 g/mol. The highest BCUT2D eigenvalue weighted by atomic mass is 32.2. The number of methoxy groups -OCH3 is 1. The molecule has 1 aliphatic heterocycles. The molecule has 9 heteroatoms. The summed E-state index contributed by atoms with van der Waals surface area (Å²) in [5.74, 6) is 0.179. The van der Waals surface area contributed by atoms with Crippen molar-refractivity contribution in [3.63, 3.8) is 0 Å². The number of benzene rings is 2. The molecule has 1 unspecified atom stereocenters. The number of carbonyl (C=O) groups is 3. The van der Waals surface area contributed by atoms with Crippen molar-refractivity contribution in [2.45, 2.75) is 31.9 Å². The maximum atomic E-state index is 13.4. The number of hydrogen-bond acceptors (Lipinski definition) is 6. The van der Waals surface area contributed by atoms with Crippen LogP contribution in [0.2, 0.25) is 0 Å². The summed E-state index contributed by atoms with van der Waals surface area (Å²) in [6.45, 7) is 5.89. The molecule has 2 aromatic rings. The molecule has 178 valence electrons. The SMILES string of the molecule is CNC(=O)NC(=O)C(C)SC1=N/C(=C\c2ccc(C(C)C)cc2)C(=O)N1c1cccc(OC)c1. The van der Waals surface area contributed by atoms with Crippen LogP contribution < -0.4 is 20.3 Å². The number of aliphatic imine (C=N–C) groups is 1. The molecule has 0 bridgehead atoms. The summed E-state index contributed by atoms with van der Waals surface area (Å²) in [4.78, 5) is 43.3. The number of ether oxygens (including phenoxy) is 1. The fraction of sp³-hybridized carbons (Fsp3) is 0.280. The number of nitrogens with one attached hydrogen (secondary N) is 2. The van der Waals surface area contributed by atoms with Crippen LogP contribution in [0.3, 0.4) is 0 Å². The van der Waals surface area contributed by atoms with Gasteiger partial charge < -0.3 is 10.1 Å². The van der Waals surface area contributed by atoms with Gasteiger partial charge in [0.1, 0.15) is 11.4 Å². The minimum absolute atomic E-state index is 0.251. The number of carbonyl (C=O) groups excluding carboxylic acids is 3. The van der Waals surface area contributed by atoms with Gasteiger partial charge >= 0.3 is 6.03 Å². The van der Waals surface area contributed by atoms with Gasteiger partial charge in [0.2, 0.25) is 5.91 Å². The Morgan fingerprint density at radius 1 is 1.12 bits per heavy atom. The Morgan fingerprint density at radius 2 is 1.82 bits per heavy atom. The maximum absolute atomic E-state index is 13.4. The van der Waals surface area contributed by atoms with E-state index in [1.165, 1.54) is 17.5 Å². The zero-order valence-corrected chi connectivity index (χ0v) is 20.6. The Labute approximate surface area is 203 Å². The van der Waals surface area contributed by atoms with Crippen LogP contribution >= 0.6 is 11.8 Å². The lowest BCUT2D eigenvalue weighted by atomic mass is 10.0. The van der Waals surface area contributed by atoms with Crippen molar-refractivity contribution in [2.24, 2.45) is 4.99 Å². The van der Waals surface area contributed by atoms with E-state index in [9.17, 15) is 14.4 Å². The lowest BCUT2D eigenvalue weighted by Crippen LogP contribution is -2.42. The highest BCUT2D eigenvalue weighted by Gasteiger charge is 2.34. The smallest absolute Gasteiger partial charge is 0.321 e. The summed E-state index contributed by atoms with van der Waals surface area (Å²) in [6.07, 6.45) is 1.72. The van der Waals surface area contributed by atoms with Gasteiger partial charge in [-0.15, -0.1) is 0 Å². The Morgan fingerprint density at radius 3 is 2.44 bits per heavy atom. The fourth-order valence-electron chi connectivity index (χ4n) is 3.18. The first-order chi connectivity index (χ1) is 16.2. The molecule has 0 radical (unpaired) electrons. The quantitative estimate of drug-likeness (QED) is 0.606. The first-order valence-corrected chi connectivity index (χ1v) is 11.7. The molecule has 1 heterocycles. The van der Waals surface area contributed by atoms with E-state index < -0.39 is 17.2 Å². The number of thioether (sulfide) groups is 1. The largest absolute Gasteiger partial charge is 0.497 e. The Bertz CT molecular complexity index is 1140. The number of anilines is 1. The van der Waals surface area contributed by atoms with Gasteiger partial charge in [-0.1, -0.05) is 55.9 Å². The third-order valence-corrected chi connectivity index (χ3v) is 6.22. The molecule has 34 heavy (non-hydrogen) atoms. The van der Waals surface area contributed by atoms with E-state index in [1.54, 1.807) is 44.4 Å². The van der Waals surface area contributed by atoms with E-state index in [0.29, 0.717) is 22.5 Å². The van der Waals surface area contributed by atoms with Gasteiger partial charge in [-0.3, -0.25) is 19.8 Å². The van der Waals surface area contributed by atoms with E-state index >= 15 is 0 Å². The van der Waals surface area contributed by atoms with Crippen molar-refractivity contribution >= 4 is 46.5 Å². The number of amides is 4. The summed E-state index contributed by atoms with van der Waals surface area (Å²) in [6, 6.07) is 14.4. The molecule has 0 saturated heterocycles. The molecule has 3 rings (SSSR count). The summed E-state index contributed by atoms with van der Waals surface area (Å²) in [5, 5.41) is 4.25. The minimum atomic E-state index is -0.679. The second-order valence-electron chi connectivity index (χ2n) is 7.92. The molecule has 8 nitrogen and oxygen atoms in total. The van der Waals surface area contributed by atoms with Gasteiger partial charge in [0.05, 0.1) is 18.0 Å². The normalized spacial score (nSPS) is 15.4. The molecule has 0 saturated carbocycles. The standard InChI is InChI=1S/C25H28N4O4S/c1-15(2)18-11-9-17(10-12-18)13-21-23(31)29(19-7-6-8-20(14-19)33-5)25(27-21)34-16(3)22(30)28-24(32)26-4/h6-16H,1-5H3,(H2,26,28,30,32)/b21-13-. The summed E-state index contributed by atoms with van der Waals surface area (Å²) in [7, 11) is 2.97. The summed E-state index contributed by atoms with van der Waals surface area (Å²) < 4.78 is 5.31. The third-order valence-electron chi connectivity index (χ3n) is 5.16. The maximum Gasteiger partial charge on any atom is 0.321 e. The van der Waals surface area contributed by atoms with Gasteiger partial charge in [0.15, 0.2) is 5.17 Å². The summed E-state index contributed by atoms with van der Waals surface area (Å²) >= 11 is 1.09. The number of rotatable bonds is 6. The zero-order chi connectivity index (χ0) is 24.8. The van der Waals surface area contributed by atoms with Gasteiger partial charge in [-0.25, -0.2) is 9.79 Å².